The lowest BCUT2D eigenvalue weighted by Crippen LogP contribution is -2.29. The Morgan fingerprint density at radius 3 is 2.50 bits per heavy atom. The molecule has 1 aliphatic carbocycles. The molecule has 3 nitrogen and oxygen atoms in total. The predicted octanol–water partition coefficient (Wildman–Crippen LogP) is 3.77. The molecule has 3 rings (SSSR count). The zero-order valence-electron chi connectivity index (χ0n) is 11.7. The Kier molecular flexibility index (Phi) is 3.35. The van der Waals surface area contributed by atoms with Gasteiger partial charge in [-0.25, -0.2) is 4.79 Å². The normalized spacial score (nSPS) is 15.1. The fourth-order valence-electron chi connectivity index (χ4n) is 2.96. The number of hydrogen-bond donors (Lipinski definition) is 1. The van der Waals surface area contributed by atoms with Crippen LogP contribution in [0.3, 0.4) is 0 Å². The third-order valence-electron chi connectivity index (χ3n) is 4.30. The zero-order chi connectivity index (χ0) is 14.1. The van der Waals surface area contributed by atoms with Gasteiger partial charge in [0.1, 0.15) is 0 Å². The van der Waals surface area contributed by atoms with Crippen LogP contribution in [0.15, 0.2) is 36.4 Å². The maximum absolute atomic E-state index is 11.3. The Morgan fingerprint density at radius 2 is 1.90 bits per heavy atom. The number of nitrogens with zero attached hydrogens (tertiary/aromatic N) is 1. The minimum Gasteiger partial charge on any atom is -0.478 e. The van der Waals surface area contributed by atoms with Crippen LogP contribution in [0.5, 0.6) is 0 Å². The van der Waals surface area contributed by atoms with Crippen LogP contribution in [0.2, 0.25) is 0 Å². The van der Waals surface area contributed by atoms with E-state index in [-0.39, 0.29) is 0 Å². The second-order valence-corrected chi connectivity index (χ2v) is 5.66. The standard InChI is InChI=1S/C17H19NO2/c1-18(11-12-5-4-6-12)16-10-9-15(17(19)20)13-7-2-3-8-14(13)16/h2-3,7-10,12H,4-6,11H2,1H3,(H,19,20). The van der Waals surface area contributed by atoms with E-state index in [2.05, 4.69) is 11.9 Å². The molecule has 1 N–H and O–H groups in total. The van der Waals surface area contributed by atoms with Crippen molar-refractivity contribution in [2.45, 2.75) is 19.3 Å². The number of carbonyl (C=O) groups is 1. The summed E-state index contributed by atoms with van der Waals surface area (Å²) >= 11 is 0. The molecular weight excluding hydrogens is 250 g/mol. The minimum absolute atomic E-state index is 0.376. The number of anilines is 1. The molecule has 0 unspecified atom stereocenters. The van der Waals surface area contributed by atoms with Crippen LogP contribution in [0.1, 0.15) is 29.6 Å². The van der Waals surface area contributed by atoms with Gasteiger partial charge < -0.3 is 10.0 Å². The molecule has 0 atom stereocenters. The molecule has 0 aromatic heterocycles. The first-order valence-corrected chi connectivity index (χ1v) is 7.13. The Morgan fingerprint density at radius 1 is 1.20 bits per heavy atom. The second kappa shape index (κ2) is 5.16. The highest BCUT2D eigenvalue weighted by Crippen LogP contribution is 2.32. The summed E-state index contributed by atoms with van der Waals surface area (Å²) in [6.45, 7) is 1.05. The fourth-order valence-corrected chi connectivity index (χ4v) is 2.96. The van der Waals surface area contributed by atoms with Crippen molar-refractivity contribution in [1.29, 1.82) is 0 Å². The molecule has 2 aromatic rings. The van der Waals surface area contributed by atoms with Gasteiger partial charge in [-0.2, -0.15) is 0 Å². The number of carboxylic acid groups (broad SMARTS) is 1. The van der Waals surface area contributed by atoms with Crippen LogP contribution in [0.4, 0.5) is 5.69 Å². The molecule has 0 radical (unpaired) electrons. The molecule has 0 saturated heterocycles. The van der Waals surface area contributed by atoms with Crippen molar-refractivity contribution < 1.29 is 9.90 Å². The summed E-state index contributed by atoms with van der Waals surface area (Å²) in [7, 11) is 2.10. The highest BCUT2D eigenvalue weighted by molar-refractivity contribution is 6.07. The summed E-state index contributed by atoms with van der Waals surface area (Å²) < 4.78 is 0. The quantitative estimate of drug-likeness (QED) is 0.918. The number of hydrogen-bond acceptors (Lipinski definition) is 2. The maximum atomic E-state index is 11.3. The molecule has 0 aliphatic heterocycles. The monoisotopic (exact) mass is 269 g/mol. The largest absolute Gasteiger partial charge is 0.478 e. The van der Waals surface area contributed by atoms with Gasteiger partial charge in [0.05, 0.1) is 5.56 Å². The second-order valence-electron chi connectivity index (χ2n) is 5.66. The highest BCUT2D eigenvalue weighted by Gasteiger charge is 2.20. The summed E-state index contributed by atoms with van der Waals surface area (Å²) in [6, 6.07) is 11.4. The van der Waals surface area contributed by atoms with Crippen LogP contribution in [0.25, 0.3) is 10.8 Å². The van der Waals surface area contributed by atoms with Crippen LogP contribution < -0.4 is 4.90 Å². The van der Waals surface area contributed by atoms with E-state index in [9.17, 15) is 9.90 Å². The van der Waals surface area contributed by atoms with Gasteiger partial charge >= 0.3 is 5.97 Å². The molecule has 0 bridgehead atoms. The van der Waals surface area contributed by atoms with Crippen molar-refractivity contribution in [1.82, 2.24) is 0 Å². The van der Waals surface area contributed by atoms with Gasteiger partial charge in [0.2, 0.25) is 0 Å². The van der Waals surface area contributed by atoms with Gasteiger partial charge in [-0.15, -0.1) is 0 Å². The van der Waals surface area contributed by atoms with Gasteiger partial charge in [-0.1, -0.05) is 30.7 Å². The molecular formula is C17H19NO2. The highest BCUT2D eigenvalue weighted by atomic mass is 16.4. The molecule has 104 valence electrons. The van der Waals surface area contributed by atoms with Gasteiger partial charge in [-0.05, 0) is 36.3 Å². The van der Waals surface area contributed by atoms with Crippen molar-refractivity contribution in [3.05, 3.63) is 42.0 Å². The third kappa shape index (κ3) is 2.24. The number of aromatic carboxylic acids is 1. The van der Waals surface area contributed by atoms with E-state index in [0.717, 1.165) is 28.9 Å². The lowest BCUT2D eigenvalue weighted by atomic mass is 9.85. The molecule has 0 amide bonds. The van der Waals surface area contributed by atoms with E-state index in [1.807, 2.05) is 30.3 Å². The third-order valence-corrected chi connectivity index (χ3v) is 4.30. The van der Waals surface area contributed by atoms with Crippen molar-refractivity contribution in [3.63, 3.8) is 0 Å². The van der Waals surface area contributed by atoms with Gasteiger partial charge in [-0.3, -0.25) is 0 Å². The molecule has 1 saturated carbocycles. The van der Waals surface area contributed by atoms with E-state index in [1.54, 1.807) is 6.07 Å². The average Bonchev–Trinajstić information content (AvgIpc) is 2.41. The molecule has 3 heteroatoms. The van der Waals surface area contributed by atoms with E-state index in [1.165, 1.54) is 19.3 Å². The molecule has 0 spiro atoms. The summed E-state index contributed by atoms with van der Waals surface area (Å²) in [6.07, 6.45) is 3.97. The summed E-state index contributed by atoms with van der Waals surface area (Å²) in [5, 5.41) is 11.1. The summed E-state index contributed by atoms with van der Waals surface area (Å²) in [4.78, 5) is 13.6. The number of fused-ring (bicyclic) bond motifs is 1. The smallest absolute Gasteiger partial charge is 0.336 e. The number of carboxylic acids is 1. The van der Waals surface area contributed by atoms with Crippen LogP contribution in [-0.4, -0.2) is 24.7 Å². The zero-order valence-corrected chi connectivity index (χ0v) is 11.7. The molecule has 1 fully saturated rings. The fraction of sp³-hybridized carbons (Fsp3) is 0.353. The number of rotatable bonds is 4. The van der Waals surface area contributed by atoms with Gasteiger partial charge in [0, 0.05) is 24.7 Å². The van der Waals surface area contributed by atoms with Gasteiger partial charge in [0.25, 0.3) is 0 Å². The molecule has 0 heterocycles. The van der Waals surface area contributed by atoms with Crippen molar-refractivity contribution in [2.24, 2.45) is 5.92 Å². The molecule has 1 aliphatic rings. The first-order chi connectivity index (χ1) is 9.66. The van der Waals surface area contributed by atoms with Crippen molar-refractivity contribution in [3.8, 4) is 0 Å². The van der Waals surface area contributed by atoms with E-state index < -0.39 is 5.97 Å². The van der Waals surface area contributed by atoms with Crippen LogP contribution >= 0.6 is 0 Å². The topological polar surface area (TPSA) is 40.5 Å². The number of benzene rings is 2. The summed E-state index contributed by atoms with van der Waals surface area (Å²) in [5.41, 5.74) is 1.50. The van der Waals surface area contributed by atoms with E-state index in [0.29, 0.717) is 5.56 Å². The lowest BCUT2D eigenvalue weighted by molar-refractivity contribution is 0.0699. The molecule has 20 heavy (non-hydrogen) atoms. The minimum atomic E-state index is -0.866. The Balaban J connectivity index is 2.02. The Bertz CT molecular complexity index is 646. The van der Waals surface area contributed by atoms with Crippen LogP contribution in [-0.2, 0) is 0 Å². The lowest BCUT2D eigenvalue weighted by Gasteiger charge is -2.32. The summed E-state index contributed by atoms with van der Waals surface area (Å²) in [5.74, 6) is -0.0766. The maximum Gasteiger partial charge on any atom is 0.336 e. The van der Waals surface area contributed by atoms with Crippen molar-refractivity contribution in [2.75, 3.05) is 18.5 Å². The van der Waals surface area contributed by atoms with Crippen molar-refractivity contribution >= 4 is 22.4 Å². The van der Waals surface area contributed by atoms with Crippen LogP contribution in [0, 0.1) is 5.92 Å². The van der Waals surface area contributed by atoms with Gasteiger partial charge in [0.15, 0.2) is 0 Å². The first-order valence-electron chi connectivity index (χ1n) is 7.13. The Hall–Kier alpha value is -2.03. The Labute approximate surface area is 118 Å². The first kappa shape index (κ1) is 13.0. The molecule has 2 aromatic carbocycles. The predicted molar refractivity (Wildman–Crippen MR) is 81.5 cm³/mol. The SMILES string of the molecule is CN(CC1CCC1)c1ccc(C(=O)O)c2ccccc12. The van der Waals surface area contributed by atoms with E-state index >= 15 is 0 Å². The average molecular weight is 269 g/mol. The van der Waals surface area contributed by atoms with E-state index in [4.69, 9.17) is 0 Å².